The van der Waals surface area contributed by atoms with E-state index in [4.69, 9.17) is 4.74 Å². The minimum absolute atomic E-state index is 0.107. The molecule has 1 aliphatic heterocycles. The van der Waals surface area contributed by atoms with Gasteiger partial charge in [-0.1, -0.05) is 36.4 Å². The van der Waals surface area contributed by atoms with Crippen LogP contribution in [0.15, 0.2) is 65.8 Å². The average molecular weight is 318 g/mol. The van der Waals surface area contributed by atoms with Gasteiger partial charge in [-0.05, 0) is 40.6 Å². The van der Waals surface area contributed by atoms with Crippen LogP contribution in [0.2, 0.25) is 0 Å². The highest BCUT2D eigenvalue weighted by Gasteiger charge is 2.23. The topological polar surface area (TPSA) is 53.9 Å². The molecule has 3 aromatic rings. The Balaban J connectivity index is 1.61. The van der Waals surface area contributed by atoms with E-state index in [1.165, 1.54) is 16.3 Å². The van der Waals surface area contributed by atoms with Crippen molar-refractivity contribution in [3.63, 3.8) is 0 Å². The zero-order valence-corrected chi connectivity index (χ0v) is 13.4. The van der Waals surface area contributed by atoms with Gasteiger partial charge < -0.3 is 15.3 Å². The van der Waals surface area contributed by atoms with Gasteiger partial charge in [0.25, 0.3) is 0 Å². The molecule has 4 rings (SSSR count). The normalized spacial score (nSPS) is 16.7. The van der Waals surface area contributed by atoms with E-state index in [9.17, 15) is 5.11 Å². The van der Waals surface area contributed by atoms with Crippen molar-refractivity contribution < 1.29 is 9.84 Å². The Bertz CT molecular complexity index is 934. The average Bonchev–Trinajstić information content (AvgIpc) is 3.11. The first-order valence-corrected chi connectivity index (χ1v) is 7.93. The van der Waals surface area contributed by atoms with E-state index >= 15 is 0 Å². The van der Waals surface area contributed by atoms with E-state index in [1.807, 2.05) is 18.2 Å². The second-order valence-corrected chi connectivity index (χ2v) is 5.93. The van der Waals surface area contributed by atoms with Gasteiger partial charge >= 0.3 is 0 Å². The zero-order chi connectivity index (χ0) is 16.5. The summed E-state index contributed by atoms with van der Waals surface area (Å²) in [5.74, 6) is 0.926. The summed E-state index contributed by atoms with van der Waals surface area (Å²) in [6.45, 7) is 0. The molecule has 0 saturated heterocycles. The zero-order valence-electron chi connectivity index (χ0n) is 13.4. The van der Waals surface area contributed by atoms with Crippen molar-refractivity contribution in [2.45, 2.75) is 12.5 Å². The fourth-order valence-electron chi connectivity index (χ4n) is 3.10. The molecule has 1 unspecified atom stereocenters. The molecule has 0 bridgehead atoms. The molecule has 0 aliphatic carbocycles. The molecule has 4 nitrogen and oxygen atoms in total. The number of phenolic OH excluding ortho intramolecular Hbond substituents is 1. The van der Waals surface area contributed by atoms with Gasteiger partial charge in [0.05, 0.1) is 18.9 Å². The second-order valence-electron chi connectivity index (χ2n) is 5.93. The lowest BCUT2D eigenvalue weighted by molar-refractivity contribution is 0.412. The third-order valence-electron chi connectivity index (χ3n) is 4.44. The lowest BCUT2D eigenvalue weighted by Gasteiger charge is -2.12. The number of phenols is 1. The van der Waals surface area contributed by atoms with Crippen LogP contribution in [0.4, 0.5) is 0 Å². The largest absolute Gasteiger partial charge is 0.507 e. The number of methoxy groups -OCH3 is 1. The Morgan fingerprint density at radius 2 is 1.88 bits per heavy atom. The summed E-state index contributed by atoms with van der Waals surface area (Å²) in [4.78, 5) is 0. The molecule has 0 aromatic heterocycles. The van der Waals surface area contributed by atoms with Crippen LogP contribution in [0.1, 0.15) is 23.6 Å². The number of hydrogen-bond acceptors (Lipinski definition) is 4. The Morgan fingerprint density at radius 1 is 1.04 bits per heavy atom. The minimum atomic E-state index is 0.107. The molecule has 120 valence electrons. The van der Waals surface area contributed by atoms with Crippen LogP contribution in [-0.2, 0) is 0 Å². The minimum Gasteiger partial charge on any atom is -0.507 e. The third kappa shape index (κ3) is 2.56. The predicted molar refractivity (Wildman–Crippen MR) is 95.6 cm³/mol. The lowest BCUT2D eigenvalue weighted by Crippen LogP contribution is -2.09. The molecule has 0 saturated carbocycles. The van der Waals surface area contributed by atoms with Crippen LogP contribution in [0, 0.1) is 0 Å². The highest BCUT2D eigenvalue weighted by molar-refractivity contribution is 6.04. The molecule has 4 heteroatoms. The van der Waals surface area contributed by atoms with E-state index in [0.29, 0.717) is 11.3 Å². The molecule has 0 radical (unpaired) electrons. The van der Waals surface area contributed by atoms with Crippen LogP contribution in [0.3, 0.4) is 0 Å². The lowest BCUT2D eigenvalue weighted by atomic mass is 9.96. The summed E-state index contributed by atoms with van der Waals surface area (Å²) in [5, 5.41) is 17.0. The number of rotatable bonds is 3. The van der Waals surface area contributed by atoms with Gasteiger partial charge in [0, 0.05) is 12.0 Å². The number of ether oxygens (including phenoxy) is 1. The fourth-order valence-corrected chi connectivity index (χ4v) is 3.10. The van der Waals surface area contributed by atoms with Gasteiger partial charge in [0.2, 0.25) is 0 Å². The van der Waals surface area contributed by atoms with E-state index in [-0.39, 0.29) is 11.8 Å². The number of aromatic hydroxyl groups is 1. The molecule has 0 fully saturated rings. The van der Waals surface area contributed by atoms with E-state index in [1.54, 1.807) is 19.2 Å². The Labute approximate surface area is 140 Å². The first-order chi connectivity index (χ1) is 11.7. The van der Waals surface area contributed by atoms with Crippen LogP contribution in [-0.4, -0.2) is 17.9 Å². The number of nitrogens with zero attached hydrogens (tertiary/aromatic N) is 1. The predicted octanol–water partition coefficient (Wildman–Crippen LogP) is 3.99. The molecule has 0 spiro atoms. The van der Waals surface area contributed by atoms with Crippen molar-refractivity contribution in [3.8, 4) is 11.5 Å². The van der Waals surface area contributed by atoms with Crippen molar-refractivity contribution in [1.82, 2.24) is 5.43 Å². The molecular formula is C20H18N2O2. The quantitative estimate of drug-likeness (QED) is 0.767. The summed E-state index contributed by atoms with van der Waals surface area (Å²) in [6, 6.07) is 20.1. The molecule has 0 amide bonds. The monoisotopic (exact) mass is 318 g/mol. The molecule has 1 aliphatic rings. The van der Waals surface area contributed by atoms with Crippen molar-refractivity contribution in [2.75, 3.05) is 7.11 Å². The third-order valence-corrected chi connectivity index (χ3v) is 4.44. The Kier molecular flexibility index (Phi) is 3.58. The molecule has 24 heavy (non-hydrogen) atoms. The molecule has 3 aromatic carbocycles. The van der Waals surface area contributed by atoms with Crippen molar-refractivity contribution >= 4 is 16.5 Å². The van der Waals surface area contributed by atoms with Gasteiger partial charge in [-0.15, -0.1) is 0 Å². The molecule has 2 N–H and O–H groups in total. The fraction of sp³-hybridized carbons (Fsp3) is 0.150. The van der Waals surface area contributed by atoms with Crippen LogP contribution >= 0.6 is 0 Å². The Hall–Kier alpha value is -3.01. The molecule has 1 atom stereocenters. The van der Waals surface area contributed by atoms with Crippen LogP contribution < -0.4 is 10.2 Å². The summed E-state index contributed by atoms with van der Waals surface area (Å²) in [6.07, 6.45) is 0.721. The first kappa shape index (κ1) is 14.6. The summed E-state index contributed by atoms with van der Waals surface area (Å²) < 4.78 is 5.24. The van der Waals surface area contributed by atoms with E-state index < -0.39 is 0 Å². The summed E-state index contributed by atoms with van der Waals surface area (Å²) >= 11 is 0. The van der Waals surface area contributed by atoms with Crippen molar-refractivity contribution in [1.29, 1.82) is 0 Å². The van der Waals surface area contributed by atoms with Crippen molar-refractivity contribution in [3.05, 3.63) is 71.8 Å². The maximum absolute atomic E-state index is 10.1. The Morgan fingerprint density at radius 3 is 2.71 bits per heavy atom. The van der Waals surface area contributed by atoms with Gasteiger partial charge in [-0.2, -0.15) is 5.10 Å². The standard InChI is InChI=1S/C20H18N2O2/c1-24-16-8-9-20(23)17(11-16)19-12-18(21-22-19)15-7-6-13-4-2-3-5-14(13)10-15/h2-11,18,21,23H,12H2,1H3. The molecular weight excluding hydrogens is 300 g/mol. The SMILES string of the molecule is COc1ccc(O)c(C2=NNC(c3ccc4ccccc4c3)C2)c1. The highest BCUT2D eigenvalue weighted by atomic mass is 16.5. The number of nitrogens with one attached hydrogen (secondary N) is 1. The van der Waals surface area contributed by atoms with Gasteiger partial charge in [0.1, 0.15) is 11.5 Å². The number of hydrogen-bond donors (Lipinski definition) is 2. The molecule has 1 heterocycles. The maximum Gasteiger partial charge on any atom is 0.124 e. The van der Waals surface area contributed by atoms with Crippen LogP contribution in [0.5, 0.6) is 11.5 Å². The highest BCUT2D eigenvalue weighted by Crippen LogP contribution is 2.31. The first-order valence-electron chi connectivity index (χ1n) is 7.93. The number of hydrazone groups is 1. The van der Waals surface area contributed by atoms with Crippen LogP contribution in [0.25, 0.3) is 10.8 Å². The van der Waals surface area contributed by atoms with E-state index in [0.717, 1.165) is 12.1 Å². The smallest absolute Gasteiger partial charge is 0.124 e. The number of benzene rings is 3. The van der Waals surface area contributed by atoms with Gasteiger partial charge in [-0.3, -0.25) is 0 Å². The maximum atomic E-state index is 10.1. The van der Waals surface area contributed by atoms with E-state index in [2.05, 4.69) is 40.9 Å². The second kappa shape index (κ2) is 5.89. The van der Waals surface area contributed by atoms with Gasteiger partial charge in [-0.25, -0.2) is 0 Å². The van der Waals surface area contributed by atoms with Gasteiger partial charge in [0.15, 0.2) is 0 Å². The van der Waals surface area contributed by atoms with Crippen molar-refractivity contribution in [2.24, 2.45) is 5.10 Å². The summed E-state index contributed by atoms with van der Waals surface area (Å²) in [5.41, 5.74) is 5.93. The number of fused-ring (bicyclic) bond motifs is 1. The summed E-state index contributed by atoms with van der Waals surface area (Å²) in [7, 11) is 1.61.